The lowest BCUT2D eigenvalue weighted by molar-refractivity contribution is 0.0732. The third kappa shape index (κ3) is 3.04. The molecule has 1 saturated heterocycles. The highest BCUT2D eigenvalue weighted by molar-refractivity contribution is 6.51. The topological polar surface area (TPSA) is 60.8 Å². The van der Waals surface area contributed by atoms with Gasteiger partial charge in [0.15, 0.2) is 0 Å². The van der Waals surface area contributed by atoms with Gasteiger partial charge in [-0.25, -0.2) is 0 Å². The number of benzene rings is 2. The number of rotatable bonds is 3. The molecule has 0 bridgehead atoms. The molecule has 2 N–H and O–H groups in total. The van der Waals surface area contributed by atoms with Gasteiger partial charge in [0.25, 0.3) is 5.91 Å². The zero-order chi connectivity index (χ0) is 16.4. The molecule has 23 heavy (non-hydrogen) atoms. The molecule has 2 aromatic rings. The van der Waals surface area contributed by atoms with Crippen molar-refractivity contribution in [3.63, 3.8) is 0 Å². The van der Waals surface area contributed by atoms with Crippen molar-refractivity contribution in [2.75, 3.05) is 6.54 Å². The molecule has 117 valence electrons. The third-order valence-electron chi connectivity index (χ3n) is 4.38. The van der Waals surface area contributed by atoms with Crippen LogP contribution >= 0.6 is 0 Å². The zero-order valence-electron chi connectivity index (χ0n) is 13.1. The normalized spacial score (nSPS) is 17.3. The number of aromatic hydroxyl groups is 2. The van der Waals surface area contributed by atoms with Crippen molar-refractivity contribution in [2.45, 2.75) is 25.7 Å². The average Bonchev–Trinajstić information content (AvgIpc) is 3.04. The first-order valence-electron chi connectivity index (χ1n) is 7.82. The van der Waals surface area contributed by atoms with Gasteiger partial charge in [-0.05, 0) is 30.5 Å². The van der Waals surface area contributed by atoms with E-state index in [0.717, 1.165) is 23.9 Å². The van der Waals surface area contributed by atoms with Crippen molar-refractivity contribution in [3.05, 3.63) is 53.6 Å². The van der Waals surface area contributed by atoms with Gasteiger partial charge in [-0.3, -0.25) is 4.79 Å². The fraction of sp³-hybridized carbons (Fsp3) is 0.278. The van der Waals surface area contributed by atoms with E-state index in [4.69, 9.17) is 0 Å². The minimum atomic E-state index is -0.198. The van der Waals surface area contributed by atoms with Crippen LogP contribution in [0.5, 0.6) is 11.5 Å². The van der Waals surface area contributed by atoms with Gasteiger partial charge >= 0.3 is 0 Å². The van der Waals surface area contributed by atoms with Gasteiger partial charge in [0.05, 0.1) is 11.6 Å². The fourth-order valence-electron chi connectivity index (χ4n) is 3.12. The lowest BCUT2D eigenvalue weighted by atomic mass is 9.73. The first-order chi connectivity index (χ1) is 11.1. The fourth-order valence-corrected chi connectivity index (χ4v) is 3.12. The summed E-state index contributed by atoms with van der Waals surface area (Å²) in [5.74, 6) is -0.434. The Labute approximate surface area is 136 Å². The molecule has 1 radical (unpaired) electrons. The molecule has 1 aliphatic rings. The zero-order valence-corrected chi connectivity index (χ0v) is 13.1. The second-order valence-corrected chi connectivity index (χ2v) is 5.81. The van der Waals surface area contributed by atoms with Gasteiger partial charge in [0, 0.05) is 12.6 Å². The molecule has 3 rings (SSSR count). The van der Waals surface area contributed by atoms with Crippen LogP contribution in [0.2, 0.25) is 6.82 Å². The van der Waals surface area contributed by atoms with Gasteiger partial charge in [-0.15, -0.1) is 0 Å². The van der Waals surface area contributed by atoms with Crippen LogP contribution in [-0.2, 0) is 0 Å². The molecule has 1 unspecified atom stereocenters. The van der Waals surface area contributed by atoms with Crippen LogP contribution in [0.25, 0.3) is 0 Å². The highest BCUT2D eigenvalue weighted by Gasteiger charge is 2.31. The van der Waals surface area contributed by atoms with E-state index in [-0.39, 0.29) is 29.0 Å². The van der Waals surface area contributed by atoms with Crippen molar-refractivity contribution in [3.8, 4) is 11.5 Å². The molecular formula is C18H19BNO3. The van der Waals surface area contributed by atoms with E-state index in [9.17, 15) is 15.0 Å². The Morgan fingerprint density at radius 3 is 2.57 bits per heavy atom. The lowest BCUT2D eigenvalue weighted by Crippen LogP contribution is -2.30. The van der Waals surface area contributed by atoms with Crippen LogP contribution in [0.4, 0.5) is 0 Å². The summed E-state index contributed by atoms with van der Waals surface area (Å²) >= 11 is 0. The minimum absolute atomic E-state index is 0.0293. The molecule has 0 aliphatic carbocycles. The van der Waals surface area contributed by atoms with E-state index in [1.165, 1.54) is 18.2 Å². The highest BCUT2D eigenvalue weighted by Crippen LogP contribution is 2.34. The molecule has 1 atom stereocenters. The molecule has 2 aromatic carbocycles. The van der Waals surface area contributed by atoms with Crippen molar-refractivity contribution in [2.24, 2.45) is 0 Å². The maximum atomic E-state index is 12.8. The maximum absolute atomic E-state index is 12.8. The van der Waals surface area contributed by atoms with Gasteiger partial charge < -0.3 is 15.1 Å². The second kappa shape index (κ2) is 6.36. The molecule has 1 amide bonds. The van der Waals surface area contributed by atoms with Crippen LogP contribution in [0.1, 0.15) is 34.8 Å². The smallest absolute Gasteiger partial charge is 0.258 e. The second-order valence-electron chi connectivity index (χ2n) is 5.81. The molecule has 0 aromatic heterocycles. The van der Waals surface area contributed by atoms with Gasteiger partial charge in [0.2, 0.25) is 0 Å². The highest BCUT2D eigenvalue weighted by atomic mass is 16.3. The van der Waals surface area contributed by atoms with Gasteiger partial charge in [-0.1, -0.05) is 36.6 Å². The molecule has 1 heterocycles. The Morgan fingerprint density at radius 2 is 1.91 bits per heavy atom. The molecule has 0 saturated carbocycles. The number of likely N-dealkylation sites (tertiary alicyclic amines) is 1. The van der Waals surface area contributed by atoms with Gasteiger partial charge in [0.1, 0.15) is 18.8 Å². The third-order valence-corrected chi connectivity index (χ3v) is 4.38. The Hall–Kier alpha value is -2.43. The predicted octanol–water partition coefficient (Wildman–Crippen LogP) is 2.45. The van der Waals surface area contributed by atoms with E-state index in [1.54, 1.807) is 4.90 Å². The summed E-state index contributed by atoms with van der Waals surface area (Å²) in [5.41, 5.74) is 2.49. The minimum Gasteiger partial charge on any atom is -0.508 e. The van der Waals surface area contributed by atoms with Crippen LogP contribution in [-0.4, -0.2) is 34.8 Å². The molecular weight excluding hydrogens is 289 g/mol. The number of phenols is 2. The Balaban J connectivity index is 1.86. The number of carbonyl (C=O) groups excluding carboxylic acids is 1. The van der Waals surface area contributed by atoms with E-state index in [1.807, 2.05) is 26.2 Å². The Kier molecular flexibility index (Phi) is 4.28. The predicted molar refractivity (Wildman–Crippen MR) is 90.5 cm³/mol. The molecule has 5 heteroatoms. The summed E-state index contributed by atoms with van der Waals surface area (Å²) in [6, 6.07) is 12.3. The van der Waals surface area contributed by atoms with Crippen molar-refractivity contribution >= 4 is 18.6 Å². The summed E-state index contributed by atoms with van der Waals surface area (Å²) in [7, 11) is 2.04. The lowest BCUT2D eigenvalue weighted by Gasteiger charge is -2.25. The largest absolute Gasteiger partial charge is 0.508 e. The summed E-state index contributed by atoms with van der Waals surface area (Å²) in [6.45, 7) is 2.67. The first-order valence-corrected chi connectivity index (χ1v) is 7.82. The first kappa shape index (κ1) is 15.5. The Bertz CT molecular complexity index is 715. The number of nitrogens with zero attached hydrogens (tertiary/aromatic N) is 1. The average molecular weight is 308 g/mol. The standard InChI is InChI=1S/C18H19BNO3/c1-19-13-6-4-12(5-7-13)16-3-2-10-20(16)18(23)15-9-8-14(21)11-17(15)22/h4-9,11,16,21-22H,2-3,10H2,1H3. The van der Waals surface area contributed by atoms with Crippen LogP contribution in [0.3, 0.4) is 0 Å². The van der Waals surface area contributed by atoms with E-state index in [0.29, 0.717) is 6.54 Å². The van der Waals surface area contributed by atoms with Crippen LogP contribution in [0.15, 0.2) is 42.5 Å². The quantitative estimate of drug-likeness (QED) is 0.856. The number of carbonyl (C=O) groups is 1. The van der Waals surface area contributed by atoms with Crippen molar-refractivity contribution < 1.29 is 15.0 Å². The van der Waals surface area contributed by atoms with E-state index >= 15 is 0 Å². The van der Waals surface area contributed by atoms with Gasteiger partial charge in [-0.2, -0.15) is 0 Å². The van der Waals surface area contributed by atoms with Crippen molar-refractivity contribution in [1.29, 1.82) is 0 Å². The van der Waals surface area contributed by atoms with Crippen molar-refractivity contribution in [1.82, 2.24) is 4.90 Å². The van der Waals surface area contributed by atoms with E-state index < -0.39 is 0 Å². The summed E-state index contributed by atoms with van der Waals surface area (Å²) in [4.78, 5) is 14.6. The molecule has 0 spiro atoms. The monoisotopic (exact) mass is 308 g/mol. The summed E-state index contributed by atoms with van der Waals surface area (Å²) in [5, 5.41) is 19.3. The Morgan fingerprint density at radius 1 is 1.17 bits per heavy atom. The molecule has 1 aliphatic heterocycles. The van der Waals surface area contributed by atoms with Crippen LogP contribution < -0.4 is 5.46 Å². The van der Waals surface area contributed by atoms with E-state index in [2.05, 4.69) is 12.1 Å². The molecule has 1 fully saturated rings. The maximum Gasteiger partial charge on any atom is 0.258 e. The number of amides is 1. The summed E-state index contributed by atoms with van der Waals surface area (Å²) in [6.07, 6.45) is 1.86. The number of hydrogen-bond donors (Lipinski definition) is 2. The molecule has 4 nitrogen and oxygen atoms in total. The SMILES string of the molecule is C[B]c1ccc(C2CCCN2C(=O)c2ccc(O)cc2O)cc1. The van der Waals surface area contributed by atoms with Crippen LogP contribution in [0, 0.1) is 0 Å². The summed E-state index contributed by atoms with van der Waals surface area (Å²) < 4.78 is 0. The number of phenolic OH excluding ortho intramolecular Hbond substituents is 2. The number of hydrogen-bond acceptors (Lipinski definition) is 3.